The van der Waals surface area contributed by atoms with E-state index in [0.717, 1.165) is 88.5 Å². The number of furan rings is 2. The van der Waals surface area contributed by atoms with Crippen LogP contribution >= 0.6 is 0 Å². The summed E-state index contributed by atoms with van der Waals surface area (Å²) in [4.78, 5) is 2.40. The molecule has 0 aliphatic carbocycles. The Labute approximate surface area is 333 Å². The summed E-state index contributed by atoms with van der Waals surface area (Å²) in [5.74, 6) is 0. The Balaban J connectivity index is 1.06. The molecule has 280 valence electrons. The Bertz CT molecular complexity index is 3200. The molecular formula is C53H46N2O2. The van der Waals surface area contributed by atoms with E-state index >= 15 is 0 Å². The van der Waals surface area contributed by atoms with Crippen LogP contribution in [0, 0.1) is 62.3 Å². The molecule has 4 nitrogen and oxygen atoms in total. The zero-order valence-corrected chi connectivity index (χ0v) is 34.2. The first-order valence-electron chi connectivity index (χ1n) is 19.9. The second-order valence-corrected chi connectivity index (χ2v) is 16.4. The molecule has 0 radical (unpaired) electrons. The van der Waals surface area contributed by atoms with Crippen LogP contribution < -0.4 is 10.2 Å². The summed E-state index contributed by atoms with van der Waals surface area (Å²) in [6.07, 6.45) is 0. The van der Waals surface area contributed by atoms with Gasteiger partial charge < -0.3 is 19.1 Å². The van der Waals surface area contributed by atoms with E-state index in [-0.39, 0.29) is 0 Å². The first-order chi connectivity index (χ1) is 27.4. The van der Waals surface area contributed by atoms with E-state index in [4.69, 9.17) is 8.83 Å². The molecule has 0 atom stereocenters. The van der Waals surface area contributed by atoms with Crippen LogP contribution in [-0.2, 0) is 0 Å². The van der Waals surface area contributed by atoms with E-state index in [1.165, 1.54) is 55.5 Å². The highest BCUT2D eigenvalue weighted by Gasteiger charge is 2.19. The molecule has 0 bridgehead atoms. The molecule has 4 heteroatoms. The fourth-order valence-corrected chi connectivity index (χ4v) is 8.74. The fourth-order valence-electron chi connectivity index (χ4n) is 8.74. The number of fused-ring (bicyclic) bond motifs is 8. The highest BCUT2D eigenvalue weighted by Crippen LogP contribution is 2.42. The number of rotatable bonds is 5. The van der Waals surface area contributed by atoms with Crippen molar-refractivity contribution in [1.82, 2.24) is 0 Å². The molecule has 0 saturated heterocycles. The maximum atomic E-state index is 6.67. The smallest absolute Gasteiger partial charge is 0.136 e. The number of anilines is 5. The summed E-state index contributed by atoms with van der Waals surface area (Å²) in [5.41, 5.74) is 20.8. The highest BCUT2D eigenvalue weighted by molar-refractivity contribution is 6.18. The van der Waals surface area contributed by atoms with Crippen molar-refractivity contribution in [2.75, 3.05) is 10.2 Å². The van der Waals surface area contributed by atoms with Crippen LogP contribution in [0.5, 0.6) is 0 Å². The molecule has 2 aromatic heterocycles. The standard InChI is InChI=1S/C53H46N2O2/c1-28-14-42(15-29(2)34(28)7)54-41-12-10-37-22-46-48-26-53-49(27-52(48)56-50(46)24-39(37)20-41)47-23-38-11-13-43(21-40(38)25-51(47)57-53)55(44-16-30(3)35(8)31(4)17-44)45-18-32(5)36(9)33(6)19-45/h10-27,54H,1-9H3. The van der Waals surface area contributed by atoms with E-state index in [0.29, 0.717) is 0 Å². The quantitative estimate of drug-likeness (QED) is 0.191. The zero-order valence-electron chi connectivity index (χ0n) is 34.2. The summed E-state index contributed by atoms with van der Waals surface area (Å²) in [6, 6.07) is 40.2. The van der Waals surface area contributed by atoms with E-state index in [9.17, 15) is 0 Å². The van der Waals surface area contributed by atoms with Crippen molar-refractivity contribution in [2.45, 2.75) is 62.3 Å². The molecule has 0 saturated carbocycles. The van der Waals surface area contributed by atoms with Gasteiger partial charge in [-0.2, -0.15) is 0 Å². The molecule has 0 amide bonds. The van der Waals surface area contributed by atoms with Crippen molar-refractivity contribution in [3.8, 4) is 0 Å². The Hall–Kier alpha value is -6.52. The predicted molar refractivity (Wildman–Crippen MR) is 243 cm³/mol. The first-order valence-corrected chi connectivity index (χ1v) is 19.9. The molecule has 0 spiro atoms. The van der Waals surface area contributed by atoms with Gasteiger partial charge in [0.2, 0.25) is 0 Å². The van der Waals surface area contributed by atoms with Crippen LogP contribution in [-0.4, -0.2) is 0 Å². The Kier molecular flexibility index (Phi) is 7.82. The Morgan fingerprint density at radius 2 is 0.737 bits per heavy atom. The van der Waals surface area contributed by atoms with Gasteiger partial charge in [0.15, 0.2) is 0 Å². The largest absolute Gasteiger partial charge is 0.456 e. The van der Waals surface area contributed by atoms with E-state index in [1.807, 2.05) is 0 Å². The number of aryl methyl sites for hydroxylation is 6. The number of hydrogen-bond acceptors (Lipinski definition) is 4. The lowest BCUT2D eigenvalue weighted by Gasteiger charge is -2.28. The van der Waals surface area contributed by atoms with Gasteiger partial charge in [0.05, 0.1) is 0 Å². The zero-order chi connectivity index (χ0) is 39.4. The van der Waals surface area contributed by atoms with Gasteiger partial charge in [-0.3, -0.25) is 0 Å². The molecule has 0 aliphatic heterocycles. The molecule has 0 fully saturated rings. The lowest BCUT2D eigenvalue weighted by molar-refractivity contribution is 0.664. The molecule has 2 heterocycles. The third-order valence-corrected chi connectivity index (χ3v) is 12.8. The molecule has 10 rings (SSSR count). The molecule has 8 aromatic carbocycles. The fraction of sp³-hybridized carbons (Fsp3) is 0.170. The van der Waals surface area contributed by atoms with E-state index in [2.05, 4.69) is 182 Å². The summed E-state index contributed by atoms with van der Waals surface area (Å²) in [6.45, 7) is 19.7. The average Bonchev–Trinajstić information content (AvgIpc) is 3.70. The minimum atomic E-state index is 0.858. The van der Waals surface area contributed by atoms with Gasteiger partial charge in [-0.15, -0.1) is 0 Å². The number of nitrogens with one attached hydrogen (secondary N) is 1. The number of hydrogen-bond donors (Lipinski definition) is 1. The lowest BCUT2D eigenvalue weighted by Crippen LogP contribution is -2.12. The topological polar surface area (TPSA) is 41.6 Å². The van der Waals surface area contributed by atoms with E-state index in [1.54, 1.807) is 0 Å². The molecule has 10 aromatic rings. The summed E-state index contributed by atoms with van der Waals surface area (Å²) < 4.78 is 13.3. The molecule has 0 aliphatic rings. The average molecular weight is 743 g/mol. The Morgan fingerprint density at radius 1 is 0.333 bits per heavy atom. The van der Waals surface area contributed by atoms with Gasteiger partial charge in [0.1, 0.15) is 22.3 Å². The van der Waals surface area contributed by atoms with Gasteiger partial charge in [0.25, 0.3) is 0 Å². The lowest BCUT2D eigenvalue weighted by atomic mass is 9.99. The first kappa shape index (κ1) is 34.9. The van der Waals surface area contributed by atoms with Gasteiger partial charge in [-0.25, -0.2) is 0 Å². The number of benzene rings is 8. The molecule has 57 heavy (non-hydrogen) atoms. The maximum Gasteiger partial charge on any atom is 0.136 e. The second kappa shape index (κ2) is 12.8. The van der Waals surface area contributed by atoms with Crippen LogP contribution in [0.15, 0.2) is 118 Å². The Morgan fingerprint density at radius 3 is 1.23 bits per heavy atom. The highest BCUT2D eigenvalue weighted by atomic mass is 16.3. The maximum absolute atomic E-state index is 6.67. The van der Waals surface area contributed by atoms with Gasteiger partial charge in [-0.1, -0.05) is 12.1 Å². The summed E-state index contributed by atoms with van der Waals surface area (Å²) >= 11 is 0. The third kappa shape index (κ3) is 5.73. The van der Waals surface area contributed by atoms with Crippen molar-refractivity contribution in [1.29, 1.82) is 0 Å². The number of nitrogens with zero attached hydrogens (tertiary/aromatic N) is 1. The monoisotopic (exact) mass is 742 g/mol. The normalized spacial score (nSPS) is 11.9. The molecular weight excluding hydrogens is 697 g/mol. The summed E-state index contributed by atoms with van der Waals surface area (Å²) in [5, 5.41) is 12.5. The van der Waals surface area contributed by atoms with Gasteiger partial charge in [-0.05, 0) is 231 Å². The minimum absolute atomic E-state index is 0.858. The van der Waals surface area contributed by atoms with Crippen molar-refractivity contribution in [3.05, 3.63) is 159 Å². The van der Waals surface area contributed by atoms with Crippen molar-refractivity contribution < 1.29 is 8.83 Å². The van der Waals surface area contributed by atoms with Gasteiger partial charge >= 0.3 is 0 Å². The van der Waals surface area contributed by atoms with Crippen molar-refractivity contribution in [2.24, 2.45) is 0 Å². The third-order valence-electron chi connectivity index (χ3n) is 12.8. The predicted octanol–water partition coefficient (Wildman–Crippen LogP) is 15.8. The molecule has 1 N–H and O–H groups in total. The summed E-state index contributed by atoms with van der Waals surface area (Å²) in [7, 11) is 0. The second-order valence-electron chi connectivity index (χ2n) is 16.4. The van der Waals surface area contributed by atoms with Crippen LogP contribution in [0.25, 0.3) is 65.4 Å². The minimum Gasteiger partial charge on any atom is -0.456 e. The molecule has 0 unspecified atom stereocenters. The van der Waals surface area contributed by atoms with Crippen LogP contribution in [0.3, 0.4) is 0 Å². The van der Waals surface area contributed by atoms with Crippen LogP contribution in [0.2, 0.25) is 0 Å². The van der Waals surface area contributed by atoms with Crippen molar-refractivity contribution >= 4 is 93.9 Å². The SMILES string of the molecule is Cc1cc(Nc2ccc3cc4c(cc3c2)oc2cc3c(cc24)oc2cc4cc(N(c5cc(C)c(C)c(C)c5)c5cc(C)c(C)c(C)c5)ccc4cc23)cc(C)c1C. The van der Waals surface area contributed by atoms with Crippen molar-refractivity contribution in [3.63, 3.8) is 0 Å². The van der Waals surface area contributed by atoms with Crippen LogP contribution in [0.4, 0.5) is 28.4 Å². The van der Waals surface area contributed by atoms with Crippen LogP contribution in [0.1, 0.15) is 50.1 Å². The van der Waals surface area contributed by atoms with E-state index < -0.39 is 0 Å². The van der Waals surface area contributed by atoms with Gasteiger partial charge in [0, 0.05) is 50.0 Å².